The third kappa shape index (κ3) is 5.44. The molecule has 0 atom stereocenters. The molecule has 0 unspecified atom stereocenters. The van der Waals surface area contributed by atoms with E-state index >= 15 is 0 Å². The molecule has 0 saturated heterocycles. The van der Waals surface area contributed by atoms with E-state index < -0.39 is 13.0 Å². The molecule has 0 fully saturated rings. The number of aromatic nitrogens is 2. The number of alkyl halides is 2. The lowest BCUT2D eigenvalue weighted by molar-refractivity contribution is 0.0187. The van der Waals surface area contributed by atoms with Gasteiger partial charge in [0.1, 0.15) is 6.61 Å². The minimum Gasteiger partial charge on any atom is -0.374 e. The fourth-order valence-corrected chi connectivity index (χ4v) is 1.09. The summed E-state index contributed by atoms with van der Waals surface area (Å²) in [5, 5.41) is 7.19. The molecule has 4 nitrogen and oxygen atoms in total. The van der Waals surface area contributed by atoms with Crippen LogP contribution < -0.4 is 5.32 Å². The summed E-state index contributed by atoms with van der Waals surface area (Å²) >= 11 is 0. The van der Waals surface area contributed by atoms with Gasteiger partial charge in [0.05, 0.1) is 12.3 Å². The highest BCUT2D eigenvalue weighted by Crippen LogP contribution is 1.93. The van der Waals surface area contributed by atoms with Gasteiger partial charge >= 0.3 is 0 Å². The van der Waals surface area contributed by atoms with Crippen molar-refractivity contribution in [3.63, 3.8) is 0 Å². The maximum atomic E-state index is 11.7. The first-order valence-electron chi connectivity index (χ1n) is 4.73. The van der Waals surface area contributed by atoms with Gasteiger partial charge in [0.2, 0.25) is 0 Å². The fraction of sp³-hybridized carbons (Fsp3) is 0.667. The number of aryl methyl sites for hydroxylation is 1. The first-order chi connectivity index (χ1) is 7.18. The zero-order valence-electron chi connectivity index (χ0n) is 8.62. The van der Waals surface area contributed by atoms with Gasteiger partial charge < -0.3 is 10.1 Å². The smallest absolute Gasteiger partial charge is 0.261 e. The van der Waals surface area contributed by atoms with Crippen molar-refractivity contribution in [2.24, 2.45) is 7.05 Å². The van der Waals surface area contributed by atoms with Crippen LogP contribution in [0.15, 0.2) is 12.3 Å². The lowest BCUT2D eigenvalue weighted by Crippen LogP contribution is -2.20. The fourth-order valence-electron chi connectivity index (χ4n) is 1.09. The lowest BCUT2D eigenvalue weighted by Gasteiger charge is -2.04. The monoisotopic (exact) mass is 219 g/mol. The number of nitrogens with zero attached hydrogens (tertiary/aromatic N) is 2. The topological polar surface area (TPSA) is 39.1 Å². The number of nitrogens with one attached hydrogen (secondary N) is 1. The molecule has 0 bridgehead atoms. The van der Waals surface area contributed by atoms with Crippen LogP contribution in [0, 0.1) is 0 Å². The van der Waals surface area contributed by atoms with Gasteiger partial charge in [-0.1, -0.05) is 0 Å². The van der Waals surface area contributed by atoms with Gasteiger partial charge in [0, 0.05) is 26.3 Å². The molecule has 0 aliphatic rings. The van der Waals surface area contributed by atoms with Crippen LogP contribution in [0.1, 0.15) is 5.69 Å². The molecule has 1 aromatic rings. The van der Waals surface area contributed by atoms with Gasteiger partial charge in [0.15, 0.2) is 0 Å². The van der Waals surface area contributed by atoms with E-state index in [4.69, 9.17) is 4.74 Å². The van der Waals surface area contributed by atoms with Gasteiger partial charge in [-0.3, -0.25) is 4.68 Å². The Morgan fingerprint density at radius 2 is 2.40 bits per heavy atom. The maximum Gasteiger partial charge on any atom is 0.261 e. The SMILES string of the molecule is Cn1ccc(CNCCOCC(F)F)n1. The molecule has 0 aliphatic heterocycles. The summed E-state index contributed by atoms with van der Waals surface area (Å²) < 4.78 is 29.7. The van der Waals surface area contributed by atoms with Gasteiger partial charge in [-0.2, -0.15) is 5.10 Å². The molecule has 86 valence electrons. The Labute approximate surface area is 87.2 Å². The summed E-state index contributed by atoms with van der Waals surface area (Å²) in [5.74, 6) is 0. The molecular formula is C9H15F2N3O. The molecule has 6 heteroatoms. The third-order valence-corrected chi connectivity index (χ3v) is 1.74. The van der Waals surface area contributed by atoms with Crippen LogP contribution in [0.2, 0.25) is 0 Å². The van der Waals surface area contributed by atoms with Crippen LogP contribution in [0.3, 0.4) is 0 Å². The van der Waals surface area contributed by atoms with Crippen molar-refractivity contribution < 1.29 is 13.5 Å². The van der Waals surface area contributed by atoms with E-state index in [-0.39, 0.29) is 6.61 Å². The summed E-state index contributed by atoms with van der Waals surface area (Å²) in [4.78, 5) is 0. The zero-order chi connectivity index (χ0) is 11.1. The molecule has 0 saturated carbocycles. The summed E-state index contributed by atoms with van der Waals surface area (Å²) in [7, 11) is 1.84. The number of rotatable bonds is 7. The molecule has 1 heterocycles. The quantitative estimate of drug-likeness (QED) is 0.689. The Balaban J connectivity index is 1.98. The number of halogens is 2. The Bertz CT molecular complexity index is 278. The molecule has 0 aromatic carbocycles. The lowest BCUT2D eigenvalue weighted by atomic mass is 10.4. The molecular weight excluding hydrogens is 204 g/mol. The molecule has 1 rings (SSSR count). The van der Waals surface area contributed by atoms with E-state index in [2.05, 4.69) is 10.4 Å². The summed E-state index contributed by atoms with van der Waals surface area (Å²) in [6, 6.07) is 1.90. The van der Waals surface area contributed by atoms with Crippen molar-refractivity contribution in [2.75, 3.05) is 19.8 Å². The molecule has 0 amide bonds. The minimum atomic E-state index is -2.39. The number of hydrogen-bond donors (Lipinski definition) is 1. The molecule has 0 aliphatic carbocycles. The highest BCUT2D eigenvalue weighted by Gasteiger charge is 2.01. The van der Waals surface area contributed by atoms with E-state index in [0.29, 0.717) is 13.1 Å². The minimum absolute atomic E-state index is 0.289. The second-order valence-corrected chi connectivity index (χ2v) is 3.12. The average Bonchev–Trinajstić information content (AvgIpc) is 2.57. The largest absolute Gasteiger partial charge is 0.374 e. The predicted octanol–water partition coefficient (Wildman–Crippen LogP) is 0.791. The van der Waals surface area contributed by atoms with E-state index in [1.807, 2.05) is 19.3 Å². The van der Waals surface area contributed by atoms with Gasteiger partial charge in [-0.05, 0) is 6.07 Å². The second kappa shape index (κ2) is 6.47. The first kappa shape index (κ1) is 12.1. The standard InChI is InChI=1S/C9H15F2N3O/c1-14-4-2-8(13-14)6-12-3-5-15-7-9(10)11/h2,4,9,12H,3,5-7H2,1H3. The molecule has 15 heavy (non-hydrogen) atoms. The van der Waals surface area contributed by atoms with Crippen LogP contribution in [-0.2, 0) is 18.3 Å². The van der Waals surface area contributed by atoms with Gasteiger partial charge in [-0.25, -0.2) is 8.78 Å². The van der Waals surface area contributed by atoms with Crippen molar-refractivity contribution in [3.8, 4) is 0 Å². The summed E-state index contributed by atoms with van der Waals surface area (Å²) in [6.45, 7) is 0.963. The van der Waals surface area contributed by atoms with E-state index in [0.717, 1.165) is 5.69 Å². The Kier molecular flexibility index (Phi) is 5.20. The Hall–Kier alpha value is -1.01. The highest BCUT2D eigenvalue weighted by molar-refractivity contribution is 4.97. The third-order valence-electron chi connectivity index (χ3n) is 1.74. The molecule has 0 spiro atoms. The normalized spacial score (nSPS) is 11.2. The molecule has 1 aromatic heterocycles. The van der Waals surface area contributed by atoms with Gasteiger partial charge in [0.25, 0.3) is 6.43 Å². The van der Waals surface area contributed by atoms with Crippen molar-refractivity contribution in [1.29, 1.82) is 0 Å². The van der Waals surface area contributed by atoms with Crippen molar-refractivity contribution in [1.82, 2.24) is 15.1 Å². The summed E-state index contributed by atoms with van der Waals surface area (Å²) in [5.41, 5.74) is 0.923. The van der Waals surface area contributed by atoms with Gasteiger partial charge in [-0.15, -0.1) is 0 Å². The van der Waals surface area contributed by atoms with Crippen molar-refractivity contribution in [2.45, 2.75) is 13.0 Å². The van der Waals surface area contributed by atoms with Crippen LogP contribution >= 0.6 is 0 Å². The Morgan fingerprint density at radius 3 is 3.00 bits per heavy atom. The zero-order valence-corrected chi connectivity index (χ0v) is 8.62. The van der Waals surface area contributed by atoms with E-state index in [1.165, 1.54) is 0 Å². The predicted molar refractivity (Wildman–Crippen MR) is 51.7 cm³/mol. The maximum absolute atomic E-state index is 11.7. The van der Waals surface area contributed by atoms with Crippen LogP contribution in [0.5, 0.6) is 0 Å². The molecule has 0 radical (unpaired) electrons. The van der Waals surface area contributed by atoms with E-state index in [1.54, 1.807) is 4.68 Å². The van der Waals surface area contributed by atoms with Crippen LogP contribution in [0.25, 0.3) is 0 Å². The van der Waals surface area contributed by atoms with E-state index in [9.17, 15) is 8.78 Å². The first-order valence-corrected chi connectivity index (χ1v) is 4.73. The van der Waals surface area contributed by atoms with Crippen molar-refractivity contribution >= 4 is 0 Å². The Morgan fingerprint density at radius 1 is 1.60 bits per heavy atom. The van der Waals surface area contributed by atoms with Crippen LogP contribution in [-0.4, -0.2) is 36.0 Å². The number of ether oxygens (including phenoxy) is 1. The van der Waals surface area contributed by atoms with Crippen LogP contribution in [0.4, 0.5) is 8.78 Å². The average molecular weight is 219 g/mol. The summed E-state index contributed by atoms with van der Waals surface area (Å²) in [6.07, 6.45) is -0.537. The highest BCUT2D eigenvalue weighted by atomic mass is 19.3. The second-order valence-electron chi connectivity index (χ2n) is 3.12. The number of hydrogen-bond acceptors (Lipinski definition) is 3. The molecule has 1 N–H and O–H groups in total. The van der Waals surface area contributed by atoms with Crippen molar-refractivity contribution in [3.05, 3.63) is 18.0 Å².